The fourth-order valence-corrected chi connectivity index (χ4v) is 2.62. The van der Waals surface area contributed by atoms with E-state index in [1.165, 1.54) is 6.20 Å². The summed E-state index contributed by atoms with van der Waals surface area (Å²) in [4.78, 5) is 0. The first kappa shape index (κ1) is 14.3. The molecule has 0 saturated carbocycles. The molecule has 19 heavy (non-hydrogen) atoms. The number of anilines is 1. The Hall–Kier alpha value is -1.11. The lowest BCUT2D eigenvalue weighted by atomic mass is 9.97. The highest BCUT2D eigenvalue weighted by Gasteiger charge is 2.48. The van der Waals surface area contributed by atoms with Crippen LogP contribution in [0.4, 0.5) is 5.82 Å². The van der Waals surface area contributed by atoms with Crippen molar-refractivity contribution in [2.24, 2.45) is 0 Å². The predicted octanol–water partition coefficient (Wildman–Crippen LogP) is -2.94. The second-order valence-electron chi connectivity index (χ2n) is 4.10. The standard InChI is InChI=1S/C8H14N4O6S/c9-4-1-12(11-10-4)5-6(14)3(2-13)18-8(7(5)15)19(16)17/h1,3,5-8,13-15H,2,9H2,(H,16,17)/t3?,5-,6-,7?,8+/m0/s1. The first-order valence-electron chi connectivity index (χ1n) is 5.35. The van der Waals surface area contributed by atoms with Crippen LogP contribution in [0.1, 0.15) is 6.04 Å². The van der Waals surface area contributed by atoms with Gasteiger partial charge < -0.3 is 30.3 Å². The van der Waals surface area contributed by atoms with E-state index in [0.717, 1.165) is 4.68 Å². The van der Waals surface area contributed by atoms with Crippen LogP contribution in [-0.2, 0) is 15.8 Å². The molecule has 0 radical (unpaired) electrons. The van der Waals surface area contributed by atoms with Gasteiger partial charge in [0.05, 0.1) is 12.8 Å². The molecule has 0 aliphatic carbocycles. The van der Waals surface area contributed by atoms with E-state index in [1.54, 1.807) is 0 Å². The summed E-state index contributed by atoms with van der Waals surface area (Å²) < 4.78 is 26.2. The van der Waals surface area contributed by atoms with Crippen LogP contribution in [0, 0.1) is 0 Å². The van der Waals surface area contributed by atoms with Gasteiger partial charge in [0.25, 0.3) is 0 Å². The summed E-state index contributed by atoms with van der Waals surface area (Å²) in [6.45, 7) is -0.581. The van der Waals surface area contributed by atoms with Gasteiger partial charge in [0, 0.05) is 0 Å². The van der Waals surface area contributed by atoms with Crippen molar-refractivity contribution in [3.63, 3.8) is 0 Å². The molecule has 0 amide bonds. The Kier molecular flexibility index (Phi) is 4.13. The van der Waals surface area contributed by atoms with Gasteiger partial charge in [-0.25, -0.2) is 8.89 Å². The molecule has 10 nitrogen and oxygen atoms in total. The van der Waals surface area contributed by atoms with Crippen molar-refractivity contribution in [1.29, 1.82) is 0 Å². The lowest BCUT2D eigenvalue weighted by Crippen LogP contribution is -2.57. The number of aliphatic hydroxyl groups is 3. The molecule has 6 atom stereocenters. The number of nitrogens with zero attached hydrogens (tertiary/aromatic N) is 3. The predicted molar refractivity (Wildman–Crippen MR) is 62.0 cm³/mol. The minimum Gasteiger partial charge on any atom is -0.394 e. The number of nitrogen functional groups attached to an aromatic ring is 1. The van der Waals surface area contributed by atoms with E-state index in [1.807, 2.05) is 0 Å². The Morgan fingerprint density at radius 2 is 2.16 bits per heavy atom. The van der Waals surface area contributed by atoms with Crippen LogP contribution < -0.4 is 5.73 Å². The van der Waals surface area contributed by atoms with Gasteiger partial charge in [-0.3, -0.25) is 0 Å². The summed E-state index contributed by atoms with van der Waals surface area (Å²) in [5.74, 6) is 0.0631. The van der Waals surface area contributed by atoms with E-state index < -0.39 is 47.5 Å². The number of hydrogen-bond acceptors (Lipinski definition) is 8. The summed E-state index contributed by atoms with van der Waals surface area (Å²) in [7, 11) is 0. The maximum atomic E-state index is 11.1. The van der Waals surface area contributed by atoms with E-state index in [4.69, 9.17) is 20.1 Å². The molecule has 2 rings (SSSR count). The molecule has 1 fully saturated rings. The molecule has 3 unspecified atom stereocenters. The van der Waals surface area contributed by atoms with E-state index in [0.29, 0.717) is 0 Å². The fourth-order valence-electron chi connectivity index (χ4n) is 1.98. The minimum absolute atomic E-state index is 0.0631. The van der Waals surface area contributed by atoms with E-state index in [2.05, 4.69) is 10.3 Å². The van der Waals surface area contributed by atoms with Crippen LogP contribution >= 0.6 is 0 Å². The number of aromatic nitrogens is 3. The van der Waals surface area contributed by atoms with Crippen molar-refractivity contribution in [2.75, 3.05) is 12.3 Å². The van der Waals surface area contributed by atoms with Crippen molar-refractivity contribution in [1.82, 2.24) is 15.0 Å². The van der Waals surface area contributed by atoms with E-state index in [9.17, 15) is 14.4 Å². The normalized spacial score (nSPS) is 37.2. The van der Waals surface area contributed by atoms with Crippen LogP contribution in [0.5, 0.6) is 0 Å². The van der Waals surface area contributed by atoms with Crippen molar-refractivity contribution in [3.8, 4) is 0 Å². The maximum Gasteiger partial charge on any atom is 0.186 e. The highest BCUT2D eigenvalue weighted by molar-refractivity contribution is 7.79. The monoisotopic (exact) mass is 294 g/mol. The highest BCUT2D eigenvalue weighted by atomic mass is 32.2. The molecule has 1 saturated heterocycles. The first-order chi connectivity index (χ1) is 8.95. The van der Waals surface area contributed by atoms with Gasteiger partial charge >= 0.3 is 0 Å². The maximum absolute atomic E-state index is 11.1. The van der Waals surface area contributed by atoms with Gasteiger partial charge in [0.15, 0.2) is 22.3 Å². The molecule has 2 heterocycles. The average Bonchev–Trinajstić information content (AvgIpc) is 2.75. The molecule has 6 N–H and O–H groups in total. The van der Waals surface area contributed by atoms with E-state index in [-0.39, 0.29) is 5.82 Å². The highest BCUT2D eigenvalue weighted by Crippen LogP contribution is 2.30. The Morgan fingerprint density at radius 1 is 1.47 bits per heavy atom. The smallest absolute Gasteiger partial charge is 0.186 e. The number of aliphatic hydroxyl groups excluding tert-OH is 3. The Bertz CT molecular complexity index is 470. The van der Waals surface area contributed by atoms with Crippen LogP contribution in [0.3, 0.4) is 0 Å². The van der Waals surface area contributed by atoms with Crippen LogP contribution in [0.15, 0.2) is 6.20 Å². The van der Waals surface area contributed by atoms with Crippen molar-refractivity contribution in [2.45, 2.75) is 29.8 Å². The van der Waals surface area contributed by atoms with Gasteiger partial charge in [-0.1, -0.05) is 5.21 Å². The molecule has 1 aromatic heterocycles. The largest absolute Gasteiger partial charge is 0.394 e. The molecular formula is C8H14N4O6S. The molecule has 1 aliphatic heterocycles. The third-order valence-electron chi connectivity index (χ3n) is 2.88. The summed E-state index contributed by atoms with van der Waals surface area (Å²) in [6.07, 6.45) is -2.71. The third kappa shape index (κ3) is 2.61. The Labute approximate surface area is 110 Å². The minimum atomic E-state index is -2.49. The second-order valence-corrected chi connectivity index (χ2v) is 5.11. The molecule has 0 aromatic carbocycles. The van der Waals surface area contributed by atoms with E-state index >= 15 is 0 Å². The molecular weight excluding hydrogens is 280 g/mol. The lowest BCUT2D eigenvalue weighted by Gasteiger charge is -2.40. The Balaban J connectivity index is 2.34. The molecule has 11 heteroatoms. The summed E-state index contributed by atoms with van der Waals surface area (Å²) in [5, 5.41) is 36.2. The SMILES string of the molecule is Nc1cn([C@@H]2C(O)[C@@H](S(=O)O)OC(CO)[C@@H]2O)nn1. The number of nitrogens with two attached hydrogens (primary N) is 1. The third-order valence-corrected chi connectivity index (χ3v) is 3.67. The van der Waals surface area contributed by atoms with Crippen LogP contribution in [-0.4, -0.2) is 69.4 Å². The summed E-state index contributed by atoms with van der Waals surface area (Å²) in [6, 6.07) is -1.10. The van der Waals surface area contributed by atoms with Gasteiger partial charge in [0.2, 0.25) is 0 Å². The summed E-state index contributed by atoms with van der Waals surface area (Å²) >= 11 is -2.49. The van der Waals surface area contributed by atoms with Gasteiger partial charge in [-0.05, 0) is 0 Å². The average molecular weight is 294 g/mol. The quantitative estimate of drug-likeness (QED) is 0.367. The molecule has 1 aliphatic rings. The fraction of sp³-hybridized carbons (Fsp3) is 0.750. The number of rotatable bonds is 3. The van der Waals surface area contributed by atoms with Crippen LogP contribution in [0.2, 0.25) is 0 Å². The zero-order chi connectivity index (χ0) is 14.2. The van der Waals surface area contributed by atoms with Crippen molar-refractivity contribution in [3.05, 3.63) is 6.20 Å². The Morgan fingerprint density at radius 3 is 2.63 bits per heavy atom. The van der Waals surface area contributed by atoms with Gasteiger partial charge in [-0.2, -0.15) is 0 Å². The zero-order valence-electron chi connectivity index (χ0n) is 9.60. The summed E-state index contributed by atoms with van der Waals surface area (Å²) in [5.41, 5.74) is 3.91. The number of ether oxygens (including phenoxy) is 1. The van der Waals surface area contributed by atoms with Gasteiger partial charge in [-0.15, -0.1) is 5.10 Å². The molecule has 0 bridgehead atoms. The molecule has 108 valence electrons. The molecule has 0 spiro atoms. The topological polar surface area (TPSA) is 164 Å². The molecule has 1 aromatic rings. The van der Waals surface area contributed by atoms with Crippen LogP contribution in [0.25, 0.3) is 0 Å². The van der Waals surface area contributed by atoms with Crippen molar-refractivity contribution >= 4 is 16.9 Å². The first-order valence-corrected chi connectivity index (χ1v) is 6.52. The van der Waals surface area contributed by atoms with Gasteiger partial charge in [0.1, 0.15) is 24.4 Å². The van der Waals surface area contributed by atoms with Crippen molar-refractivity contribution < 1.29 is 28.8 Å². The number of hydrogen-bond donors (Lipinski definition) is 5. The zero-order valence-corrected chi connectivity index (χ0v) is 10.4. The second kappa shape index (κ2) is 5.48. The lowest BCUT2D eigenvalue weighted by molar-refractivity contribution is -0.181.